The van der Waals surface area contributed by atoms with E-state index >= 15 is 0 Å². The van der Waals surface area contributed by atoms with Crippen LogP contribution in [0.5, 0.6) is 0 Å². The molecule has 0 radical (unpaired) electrons. The molecule has 0 aliphatic rings. The van der Waals surface area contributed by atoms with Crippen molar-refractivity contribution >= 4 is 0 Å². The Morgan fingerprint density at radius 1 is 0.895 bits per heavy atom. The molecule has 0 saturated heterocycles. The van der Waals surface area contributed by atoms with Gasteiger partial charge in [0.1, 0.15) is 0 Å². The predicted octanol–water partition coefficient (Wildman–Crippen LogP) is 4.15. The molecule has 0 heterocycles. The Morgan fingerprint density at radius 2 is 1.37 bits per heavy atom. The van der Waals surface area contributed by atoms with Crippen LogP contribution in [0.3, 0.4) is 0 Å². The van der Waals surface area contributed by atoms with Crippen molar-refractivity contribution in [2.45, 2.75) is 67.2 Å². The highest BCUT2D eigenvalue weighted by Crippen LogP contribution is 2.20. The van der Waals surface area contributed by atoms with E-state index in [0.717, 1.165) is 18.4 Å². The third kappa shape index (κ3) is 11.4. The number of nitrogens with zero attached hydrogens (tertiary/aromatic N) is 1. The summed E-state index contributed by atoms with van der Waals surface area (Å²) < 4.78 is 0. The Kier molecular flexibility index (Phi) is 9.72. The van der Waals surface area contributed by atoms with E-state index in [4.69, 9.17) is 5.73 Å². The largest absolute Gasteiger partial charge is 0.330 e. The second kappa shape index (κ2) is 9.77. The second-order valence-corrected chi connectivity index (χ2v) is 7.68. The molecule has 0 fully saturated rings. The lowest BCUT2D eigenvalue weighted by Crippen LogP contribution is -2.31. The smallest absolute Gasteiger partial charge is 0.00163 e. The van der Waals surface area contributed by atoms with Gasteiger partial charge in [0.05, 0.1) is 0 Å². The average molecular weight is 271 g/mol. The van der Waals surface area contributed by atoms with E-state index in [1.807, 2.05) is 0 Å². The first kappa shape index (κ1) is 18.9. The molecule has 19 heavy (non-hydrogen) atoms. The number of hydrogen-bond acceptors (Lipinski definition) is 2. The second-order valence-electron chi connectivity index (χ2n) is 7.68. The first-order valence-electron chi connectivity index (χ1n) is 8.19. The van der Waals surface area contributed by atoms with Gasteiger partial charge in [-0.05, 0) is 69.1 Å². The molecule has 0 unspecified atom stereocenters. The lowest BCUT2D eigenvalue weighted by molar-refractivity contribution is 0.222. The molecule has 0 rings (SSSR count). The van der Waals surface area contributed by atoms with Crippen molar-refractivity contribution in [2.75, 3.05) is 26.2 Å². The zero-order valence-electron chi connectivity index (χ0n) is 14.3. The Hall–Kier alpha value is -0.0800. The van der Waals surface area contributed by atoms with E-state index in [1.54, 1.807) is 0 Å². The van der Waals surface area contributed by atoms with Crippen LogP contribution in [0.25, 0.3) is 0 Å². The molecule has 2 N–H and O–H groups in total. The average Bonchev–Trinajstić information content (AvgIpc) is 2.31. The third-order valence-corrected chi connectivity index (χ3v) is 3.93. The monoisotopic (exact) mass is 270 g/mol. The van der Waals surface area contributed by atoms with Crippen LogP contribution in [0, 0.1) is 17.3 Å². The van der Waals surface area contributed by atoms with Gasteiger partial charge in [-0.15, -0.1) is 0 Å². The Morgan fingerprint density at radius 3 is 1.74 bits per heavy atom. The zero-order valence-corrected chi connectivity index (χ0v) is 14.3. The molecule has 0 aliphatic heterocycles. The summed E-state index contributed by atoms with van der Waals surface area (Å²) in [6, 6.07) is 0. The van der Waals surface area contributed by atoms with Crippen molar-refractivity contribution in [3.8, 4) is 0 Å². The first-order valence-corrected chi connectivity index (χ1v) is 8.19. The molecular weight excluding hydrogens is 232 g/mol. The van der Waals surface area contributed by atoms with Gasteiger partial charge >= 0.3 is 0 Å². The minimum Gasteiger partial charge on any atom is -0.330 e. The van der Waals surface area contributed by atoms with Crippen LogP contribution in [-0.4, -0.2) is 31.1 Å². The molecule has 0 aromatic carbocycles. The van der Waals surface area contributed by atoms with Crippen LogP contribution in [0.2, 0.25) is 0 Å². The quantitative estimate of drug-likeness (QED) is 0.611. The SMILES string of the molecule is CC(C)CCN(CCCC(C)(C)CN)CCC(C)C. The van der Waals surface area contributed by atoms with Gasteiger partial charge in [0.25, 0.3) is 0 Å². The van der Waals surface area contributed by atoms with E-state index in [1.165, 1.54) is 45.3 Å². The predicted molar refractivity (Wildman–Crippen MR) is 87.4 cm³/mol. The standard InChI is InChI=1S/C17H38N2/c1-15(2)8-12-19(13-9-16(3)4)11-7-10-17(5,6)14-18/h15-16H,7-14,18H2,1-6H3. The van der Waals surface area contributed by atoms with Crippen molar-refractivity contribution in [2.24, 2.45) is 23.0 Å². The minimum absolute atomic E-state index is 0.307. The molecule has 0 aliphatic carbocycles. The lowest BCUT2D eigenvalue weighted by Gasteiger charge is -2.27. The fraction of sp³-hybridized carbons (Fsp3) is 1.00. The fourth-order valence-corrected chi connectivity index (χ4v) is 2.10. The van der Waals surface area contributed by atoms with Crippen LogP contribution >= 0.6 is 0 Å². The summed E-state index contributed by atoms with van der Waals surface area (Å²) in [6.45, 7) is 18.4. The molecule has 116 valence electrons. The van der Waals surface area contributed by atoms with Gasteiger partial charge in [-0.3, -0.25) is 0 Å². The molecule has 0 bridgehead atoms. The fourth-order valence-electron chi connectivity index (χ4n) is 2.10. The van der Waals surface area contributed by atoms with Gasteiger partial charge in [0, 0.05) is 0 Å². The summed E-state index contributed by atoms with van der Waals surface area (Å²) in [7, 11) is 0. The highest BCUT2D eigenvalue weighted by Gasteiger charge is 2.16. The van der Waals surface area contributed by atoms with Crippen LogP contribution in [0.15, 0.2) is 0 Å². The Balaban J connectivity index is 4.03. The molecule has 0 atom stereocenters. The highest BCUT2D eigenvalue weighted by atomic mass is 15.1. The van der Waals surface area contributed by atoms with Gasteiger partial charge in [-0.2, -0.15) is 0 Å². The topological polar surface area (TPSA) is 29.3 Å². The van der Waals surface area contributed by atoms with Gasteiger partial charge in [0.15, 0.2) is 0 Å². The summed E-state index contributed by atoms with van der Waals surface area (Å²) in [6.07, 6.45) is 5.15. The molecule has 2 heteroatoms. The summed E-state index contributed by atoms with van der Waals surface area (Å²) in [4.78, 5) is 2.66. The van der Waals surface area contributed by atoms with Crippen molar-refractivity contribution in [1.82, 2.24) is 4.90 Å². The summed E-state index contributed by atoms with van der Waals surface area (Å²) in [5, 5.41) is 0. The van der Waals surface area contributed by atoms with Crippen molar-refractivity contribution in [3.05, 3.63) is 0 Å². The molecular formula is C17H38N2. The highest BCUT2D eigenvalue weighted by molar-refractivity contribution is 4.70. The third-order valence-electron chi connectivity index (χ3n) is 3.93. The van der Waals surface area contributed by atoms with Crippen molar-refractivity contribution < 1.29 is 0 Å². The van der Waals surface area contributed by atoms with Gasteiger partial charge in [-0.25, -0.2) is 0 Å². The number of hydrogen-bond donors (Lipinski definition) is 1. The maximum Gasteiger partial charge on any atom is -0.00163 e. The van der Waals surface area contributed by atoms with E-state index in [2.05, 4.69) is 46.4 Å². The van der Waals surface area contributed by atoms with Gasteiger partial charge in [0.2, 0.25) is 0 Å². The molecule has 0 aromatic heterocycles. The van der Waals surface area contributed by atoms with Crippen LogP contribution in [0.1, 0.15) is 67.2 Å². The van der Waals surface area contributed by atoms with E-state index in [-0.39, 0.29) is 0 Å². The van der Waals surface area contributed by atoms with Crippen molar-refractivity contribution in [1.29, 1.82) is 0 Å². The summed E-state index contributed by atoms with van der Waals surface area (Å²) in [5.74, 6) is 1.61. The number of rotatable bonds is 11. The first-order chi connectivity index (χ1) is 8.76. The van der Waals surface area contributed by atoms with E-state index in [0.29, 0.717) is 5.41 Å². The van der Waals surface area contributed by atoms with Gasteiger partial charge in [-0.1, -0.05) is 41.5 Å². The Labute approximate surface area is 122 Å². The van der Waals surface area contributed by atoms with Crippen molar-refractivity contribution in [3.63, 3.8) is 0 Å². The van der Waals surface area contributed by atoms with Crippen LogP contribution < -0.4 is 5.73 Å². The minimum atomic E-state index is 0.307. The van der Waals surface area contributed by atoms with E-state index < -0.39 is 0 Å². The van der Waals surface area contributed by atoms with Crippen LogP contribution in [-0.2, 0) is 0 Å². The molecule has 0 spiro atoms. The molecule has 0 saturated carbocycles. The summed E-state index contributed by atoms with van der Waals surface area (Å²) >= 11 is 0. The normalized spacial score (nSPS) is 12.9. The lowest BCUT2D eigenvalue weighted by atomic mass is 9.88. The van der Waals surface area contributed by atoms with Crippen LogP contribution in [0.4, 0.5) is 0 Å². The van der Waals surface area contributed by atoms with E-state index in [9.17, 15) is 0 Å². The summed E-state index contributed by atoms with van der Waals surface area (Å²) in [5.41, 5.74) is 6.11. The number of nitrogens with two attached hydrogens (primary N) is 1. The van der Waals surface area contributed by atoms with Gasteiger partial charge < -0.3 is 10.6 Å². The zero-order chi connectivity index (χ0) is 14.9. The molecule has 2 nitrogen and oxygen atoms in total. The maximum absolute atomic E-state index is 5.81. The molecule has 0 amide bonds. The molecule has 0 aromatic rings. The maximum atomic E-state index is 5.81. The Bertz CT molecular complexity index is 197.